The largest absolute Gasteiger partial charge is 0.478 e. The number of aromatic nitrogens is 1. The third-order valence-corrected chi connectivity index (χ3v) is 3.30. The molecule has 17 heavy (non-hydrogen) atoms. The molecule has 0 spiro atoms. The molecule has 0 amide bonds. The molecule has 2 aromatic rings. The summed E-state index contributed by atoms with van der Waals surface area (Å²) in [5, 5.41) is 11.1. The number of carbonyl (C=O) groups is 1. The number of pyridine rings is 1. The van der Waals surface area contributed by atoms with Crippen LogP contribution in [0, 0.1) is 6.92 Å². The van der Waals surface area contributed by atoms with Crippen LogP contribution in [0.1, 0.15) is 16.0 Å². The number of thiophene rings is 1. The van der Waals surface area contributed by atoms with Gasteiger partial charge in [-0.2, -0.15) is 0 Å². The Morgan fingerprint density at radius 2 is 2.29 bits per heavy atom. The molecule has 0 radical (unpaired) electrons. The van der Waals surface area contributed by atoms with Crippen molar-refractivity contribution in [3.8, 4) is 0 Å². The molecule has 0 unspecified atom stereocenters. The molecule has 0 saturated heterocycles. The van der Waals surface area contributed by atoms with Crippen LogP contribution in [-0.2, 0) is 4.79 Å². The molecule has 0 fully saturated rings. The van der Waals surface area contributed by atoms with Gasteiger partial charge in [-0.1, -0.05) is 6.07 Å². The van der Waals surface area contributed by atoms with Crippen LogP contribution in [0.5, 0.6) is 0 Å². The number of carboxylic acids is 1. The quantitative estimate of drug-likeness (QED) is 0.845. The number of rotatable bonds is 3. The summed E-state index contributed by atoms with van der Waals surface area (Å²) >= 11 is 1.41. The SMILES string of the molecule is Cc1ccncc1/C=C(/C(=O)O)c1cccs1. The minimum Gasteiger partial charge on any atom is -0.478 e. The highest BCUT2D eigenvalue weighted by Crippen LogP contribution is 2.23. The number of hydrogen-bond donors (Lipinski definition) is 1. The van der Waals surface area contributed by atoms with Crippen molar-refractivity contribution in [1.82, 2.24) is 4.98 Å². The lowest BCUT2D eigenvalue weighted by molar-refractivity contribution is -0.130. The van der Waals surface area contributed by atoms with Crippen molar-refractivity contribution < 1.29 is 9.90 Å². The number of hydrogen-bond acceptors (Lipinski definition) is 3. The lowest BCUT2D eigenvalue weighted by Gasteiger charge is -2.02. The highest BCUT2D eigenvalue weighted by Gasteiger charge is 2.11. The van der Waals surface area contributed by atoms with Crippen molar-refractivity contribution in [3.05, 3.63) is 52.0 Å². The van der Waals surface area contributed by atoms with Gasteiger partial charge in [0.05, 0.1) is 5.57 Å². The van der Waals surface area contributed by atoms with E-state index in [9.17, 15) is 9.90 Å². The van der Waals surface area contributed by atoms with E-state index in [1.165, 1.54) is 11.3 Å². The molecule has 0 aliphatic rings. The number of nitrogens with zero attached hydrogens (tertiary/aromatic N) is 1. The highest BCUT2D eigenvalue weighted by atomic mass is 32.1. The van der Waals surface area contributed by atoms with Gasteiger partial charge in [0.25, 0.3) is 0 Å². The van der Waals surface area contributed by atoms with Crippen LogP contribution in [0.4, 0.5) is 0 Å². The van der Waals surface area contributed by atoms with Crippen LogP contribution in [-0.4, -0.2) is 16.1 Å². The molecule has 3 nitrogen and oxygen atoms in total. The van der Waals surface area contributed by atoms with Gasteiger partial charge in [0.2, 0.25) is 0 Å². The lowest BCUT2D eigenvalue weighted by atomic mass is 10.1. The zero-order chi connectivity index (χ0) is 12.3. The molecule has 0 aliphatic heterocycles. The Balaban J connectivity index is 2.48. The Kier molecular flexibility index (Phi) is 3.35. The molecule has 2 heterocycles. The fourth-order valence-electron chi connectivity index (χ4n) is 1.45. The zero-order valence-corrected chi connectivity index (χ0v) is 10.1. The van der Waals surface area contributed by atoms with Gasteiger partial charge < -0.3 is 5.11 Å². The van der Waals surface area contributed by atoms with E-state index < -0.39 is 5.97 Å². The number of aryl methyl sites for hydroxylation is 1. The summed E-state index contributed by atoms with van der Waals surface area (Å²) in [4.78, 5) is 16.0. The first-order chi connectivity index (χ1) is 8.18. The predicted octanol–water partition coefficient (Wildman–Crippen LogP) is 3.08. The summed E-state index contributed by atoms with van der Waals surface area (Å²) in [5.74, 6) is -0.921. The first-order valence-electron chi connectivity index (χ1n) is 5.08. The van der Waals surface area contributed by atoms with Gasteiger partial charge in [-0.05, 0) is 41.6 Å². The average molecular weight is 245 g/mol. The summed E-state index contributed by atoms with van der Waals surface area (Å²) in [7, 11) is 0. The van der Waals surface area contributed by atoms with Crippen molar-refractivity contribution in [1.29, 1.82) is 0 Å². The van der Waals surface area contributed by atoms with E-state index in [2.05, 4.69) is 4.98 Å². The molecule has 0 bridgehead atoms. The average Bonchev–Trinajstić information content (AvgIpc) is 2.81. The molecule has 0 saturated carbocycles. The van der Waals surface area contributed by atoms with E-state index >= 15 is 0 Å². The van der Waals surface area contributed by atoms with Crippen molar-refractivity contribution in [2.24, 2.45) is 0 Å². The third kappa shape index (κ3) is 2.60. The Morgan fingerprint density at radius 1 is 1.47 bits per heavy atom. The van der Waals surface area contributed by atoms with Gasteiger partial charge in [-0.3, -0.25) is 4.98 Å². The van der Waals surface area contributed by atoms with Gasteiger partial charge in [-0.15, -0.1) is 11.3 Å². The molecule has 4 heteroatoms. The van der Waals surface area contributed by atoms with E-state index in [4.69, 9.17) is 0 Å². The van der Waals surface area contributed by atoms with E-state index in [1.54, 1.807) is 24.5 Å². The normalized spacial score (nSPS) is 11.5. The summed E-state index contributed by atoms with van der Waals surface area (Å²) < 4.78 is 0. The summed E-state index contributed by atoms with van der Waals surface area (Å²) in [6.45, 7) is 1.93. The minimum atomic E-state index is -0.921. The van der Waals surface area contributed by atoms with Crippen LogP contribution in [0.15, 0.2) is 36.0 Å². The monoisotopic (exact) mass is 245 g/mol. The van der Waals surface area contributed by atoms with Crippen LogP contribution in [0.2, 0.25) is 0 Å². The molecule has 1 N–H and O–H groups in total. The maximum absolute atomic E-state index is 11.2. The maximum atomic E-state index is 11.2. The molecule has 0 aromatic carbocycles. The summed E-state index contributed by atoms with van der Waals surface area (Å²) in [5.41, 5.74) is 2.14. The Labute approximate surface area is 103 Å². The van der Waals surface area contributed by atoms with E-state index in [-0.39, 0.29) is 0 Å². The standard InChI is InChI=1S/C13H11NO2S/c1-9-4-5-14-8-10(9)7-11(13(15)16)12-3-2-6-17-12/h2-8H,1H3,(H,15,16)/b11-7+. The molecule has 86 valence electrons. The van der Waals surface area contributed by atoms with Crippen LogP contribution in [0.25, 0.3) is 11.6 Å². The molecular weight excluding hydrogens is 234 g/mol. The van der Waals surface area contributed by atoms with Crippen molar-refractivity contribution in [2.75, 3.05) is 0 Å². The van der Waals surface area contributed by atoms with E-state index in [0.717, 1.165) is 16.0 Å². The molecule has 2 aromatic heterocycles. The second-order valence-electron chi connectivity index (χ2n) is 3.57. The summed E-state index contributed by atoms with van der Waals surface area (Å²) in [6.07, 6.45) is 5.03. The molecule has 0 aliphatic carbocycles. The topological polar surface area (TPSA) is 50.2 Å². The second kappa shape index (κ2) is 4.93. The first-order valence-corrected chi connectivity index (χ1v) is 5.96. The van der Waals surface area contributed by atoms with Crippen LogP contribution in [0.3, 0.4) is 0 Å². The van der Waals surface area contributed by atoms with Crippen molar-refractivity contribution >= 4 is 29.0 Å². The lowest BCUT2D eigenvalue weighted by Crippen LogP contribution is -1.98. The van der Waals surface area contributed by atoms with Gasteiger partial charge >= 0.3 is 5.97 Å². The van der Waals surface area contributed by atoms with Gasteiger partial charge in [0.1, 0.15) is 0 Å². The van der Waals surface area contributed by atoms with Crippen molar-refractivity contribution in [3.63, 3.8) is 0 Å². The van der Waals surface area contributed by atoms with E-state index in [0.29, 0.717) is 5.57 Å². The number of aliphatic carboxylic acids is 1. The van der Waals surface area contributed by atoms with Crippen molar-refractivity contribution in [2.45, 2.75) is 6.92 Å². The predicted molar refractivity (Wildman–Crippen MR) is 68.8 cm³/mol. The third-order valence-electron chi connectivity index (χ3n) is 2.40. The Hall–Kier alpha value is -1.94. The summed E-state index contributed by atoms with van der Waals surface area (Å²) in [6, 6.07) is 5.50. The van der Waals surface area contributed by atoms with Crippen LogP contribution >= 0.6 is 11.3 Å². The molecular formula is C13H11NO2S. The zero-order valence-electron chi connectivity index (χ0n) is 9.25. The number of carboxylic acid groups (broad SMARTS) is 1. The van der Waals surface area contributed by atoms with Gasteiger partial charge in [0.15, 0.2) is 0 Å². The van der Waals surface area contributed by atoms with Gasteiger partial charge in [0, 0.05) is 17.3 Å². The minimum absolute atomic E-state index is 0.302. The molecule has 0 atom stereocenters. The van der Waals surface area contributed by atoms with Crippen LogP contribution < -0.4 is 0 Å². The fourth-order valence-corrected chi connectivity index (χ4v) is 2.19. The molecule has 2 rings (SSSR count). The first kappa shape index (κ1) is 11.5. The van der Waals surface area contributed by atoms with E-state index in [1.807, 2.05) is 24.4 Å². The Bertz CT molecular complexity index is 559. The van der Waals surface area contributed by atoms with Gasteiger partial charge in [-0.25, -0.2) is 4.79 Å². The Morgan fingerprint density at radius 3 is 2.88 bits per heavy atom. The maximum Gasteiger partial charge on any atom is 0.337 e. The highest BCUT2D eigenvalue weighted by molar-refractivity contribution is 7.11. The second-order valence-corrected chi connectivity index (χ2v) is 4.52. The smallest absolute Gasteiger partial charge is 0.337 e. The fraction of sp³-hybridized carbons (Fsp3) is 0.0769.